The number of imide groups is 1. The van der Waals surface area contributed by atoms with Crippen LogP contribution in [0.4, 0.5) is 11.5 Å². The minimum Gasteiger partial charge on any atom is -0.497 e. The Kier molecular flexibility index (Phi) is 5.76. The maximum atomic E-state index is 13.7. The van der Waals surface area contributed by atoms with E-state index in [1.807, 2.05) is 78.6 Å². The number of carbonyl (C=O) groups excluding carboxylic acids is 2. The predicted molar refractivity (Wildman–Crippen MR) is 132 cm³/mol. The minimum atomic E-state index is -0.304. The number of rotatable bonds is 5. The van der Waals surface area contributed by atoms with Crippen molar-refractivity contribution in [2.24, 2.45) is 0 Å². The van der Waals surface area contributed by atoms with Gasteiger partial charge in [-0.05, 0) is 48.9 Å². The average molecular weight is 455 g/mol. The molecule has 2 aliphatic heterocycles. The second-order valence-corrected chi connectivity index (χ2v) is 8.40. The molecule has 0 unspecified atom stereocenters. The topological polar surface area (TPSA) is 66.0 Å². The molecule has 0 spiro atoms. The van der Waals surface area contributed by atoms with Crippen molar-refractivity contribution in [1.29, 1.82) is 0 Å². The number of aryl methyl sites for hydroxylation is 1. The molecule has 3 aromatic rings. The van der Waals surface area contributed by atoms with Crippen LogP contribution < -0.4 is 14.5 Å². The molecule has 0 radical (unpaired) electrons. The number of aromatic nitrogens is 1. The number of benzene rings is 2. The normalized spacial score (nSPS) is 16.5. The van der Waals surface area contributed by atoms with Gasteiger partial charge in [0.25, 0.3) is 11.8 Å². The number of hydrogen-bond acceptors (Lipinski definition) is 6. The zero-order valence-electron chi connectivity index (χ0n) is 19.3. The molecule has 0 aliphatic carbocycles. The molecule has 7 nitrogen and oxygen atoms in total. The van der Waals surface area contributed by atoms with Crippen LogP contribution in [0.3, 0.4) is 0 Å². The SMILES string of the molecule is COc1ccc(C2=C(N3CCN(c4ccccn4)CC3)C(=O)N(c3ccc(C)cc3)C2=O)cc1. The van der Waals surface area contributed by atoms with Gasteiger partial charge in [0.2, 0.25) is 0 Å². The molecule has 1 aromatic heterocycles. The number of carbonyl (C=O) groups is 2. The van der Waals surface area contributed by atoms with Crippen LogP contribution in [0.2, 0.25) is 0 Å². The summed E-state index contributed by atoms with van der Waals surface area (Å²) in [6.45, 7) is 4.63. The molecule has 2 aromatic carbocycles. The molecular formula is C27H26N4O3. The summed E-state index contributed by atoms with van der Waals surface area (Å²) in [5, 5.41) is 0. The molecule has 7 heteroatoms. The minimum absolute atomic E-state index is 0.286. The first-order chi connectivity index (χ1) is 16.6. The Morgan fingerprint density at radius 1 is 0.794 bits per heavy atom. The maximum absolute atomic E-state index is 13.7. The van der Waals surface area contributed by atoms with Crippen LogP contribution in [0.25, 0.3) is 5.57 Å². The standard InChI is InChI=1S/C27H26N4O3/c1-19-6-10-21(11-7-19)31-26(32)24(20-8-12-22(34-2)13-9-20)25(27(31)33)30-17-15-29(16-18-30)23-5-3-4-14-28-23/h3-14H,15-18H2,1-2H3. The van der Waals surface area contributed by atoms with Crippen molar-refractivity contribution in [3.05, 3.63) is 89.8 Å². The highest BCUT2D eigenvalue weighted by Crippen LogP contribution is 2.36. The van der Waals surface area contributed by atoms with Crippen molar-refractivity contribution >= 4 is 28.9 Å². The van der Waals surface area contributed by atoms with Gasteiger partial charge in [0, 0.05) is 32.4 Å². The van der Waals surface area contributed by atoms with Crippen molar-refractivity contribution in [3.8, 4) is 5.75 Å². The summed E-state index contributed by atoms with van der Waals surface area (Å²) in [6, 6.07) is 20.6. The van der Waals surface area contributed by atoms with E-state index in [-0.39, 0.29) is 11.8 Å². The number of amides is 2. The quantitative estimate of drug-likeness (QED) is 0.550. The predicted octanol–water partition coefficient (Wildman–Crippen LogP) is 3.51. The van der Waals surface area contributed by atoms with Crippen molar-refractivity contribution in [2.45, 2.75) is 6.92 Å². The maximum Gasteiger partial charge on any atom is 0.282 e. The molecule has 3 heterocycles. The third-order valence-corrected chi connectivity index (χ3v) is 6.30. The van der Waals surface area contributed by atoms with Crippen LogP contribution in [0.5, 0.6) is 5.75 Å². The molecule has 2 amide bonds. The highest BCUT2D eigenvalue weighted by Gasteiger charge is 2.43. The Labute approximate surface area is 198 Å². The van der Waals surface area contributed by atoms with E-state index >= 15 is 0 Å². The van der Waals surface area contributed by atoms with Crippen molar-refractivity contribution in [1.82, 2.24) is 9.88 Å². The van der Waals surface area contributed by atoms with Crippen LogP contribution in [0.15, 0.2) is 78.6 Å². The van der Waals surface area contributed by atoms with E-state index in [9.17, 15) is 9.59 Å². The largest absolute Gasteiger partial charge is 0.497 e. The summed E-state index contributed by atoms with van der Waals surface area (Å²) in [7, 11) is 1.60. The summed E-state index contributed by atoms with van der Waals surface area (Å²) in [6.07, 6.45) is 1.78. The molecule has 0 atom stereocenters. The number of methoxy groups -OCH3 is 1. The molecule has 1 saturated heterocycles. The zero-order chi connectivity index (χ0) is 23.7. The highest BCUT2D eigenvalue weighted by atomic mass is 16.5. The number of nitrogens with zero attached hydrogens (tertiary/aromatic N) is 4. The number of anilines is 2. The second kappa shape index (κ2) is 9.02. The molecular weight excluding hydrogens is 428 g/mol. The lowest BCUT2D eigenvalue weighted by molar-refractivity contribution is -0.120. The van der Waals surface area contributed by atoms with Crippen molar-refractivity contribution < 1.29 is 14.3 Å². The number of ether oxygens (including phenoxy) is 1. The van der Waals surface area contributed by atoms with Gasteiger partial charge in [-0.15, -0.1) is 0 Å². The Bertz CT molecular complexity index is 1230. The first-order valence-electron chi connectivity index (χ1n) is 11.3. The Morgan fingerprint density at radius 3 is 2.09 bits per heavy atom. The van der Waals surface area contributed by atoms with E-state index in [2.05, 4.69) is 9.88 Å². The van der Waals surface area contributed by atoms with Crippen molar-refractivity contribution in [3.63, 3.8) is 0 Å². The lowest BCUT2D eigenvalue weighted by Crippen LogP contribution is -2.48. The summed E-state index contributed by atoms with van der Waals surface area (Å²) < 4.78 is 5.28. The summed E-state index contributed by atoms with van der Waals surface area (Å²) >= 11 is 0. The summed E-state index contributed by atoms with van der Waals surface area (Å²) in [4.78, 5) is 37.3. The first kappa shape index (κ1) is 21.7. The lowest BCUT2D eigenvalue weighted by Gasteiger charge is -2.37. The Hall–Kier alpha value is -4.13. The Balaban J connectivity index is 1.50. The van der Waals surface area contributed by atoms with Crippen LogP contribution >= 0.6 is 0 Å². The van der Waals surface area contributed by atoms with E-state index in [0.717, 1.165) is 11.4 Å². The van der Waals surface area contributed by atoms with Crippen LogP contribution in [0.1, 0.15) is 11.1 Å². The van der Waals surface area contributed by atoms with E-state index < -0.39 is 0 Å². The van der Waals surface area contributed by atoms with E-state index in [1.165, 1.54) is 4.90 Å². The van der Waals surface area contributed by atoms with Crippen molar-refractivity contribution in [2.75, 3.05) is 43.1 Å². The van der Waals surface area contributed by atoms with Gasteiger partial charge in [-0.2, -0.15) is 0 Å². The van der Waals surface area contributed by atoms with Crippen LogP contribution in [-0.4, -0.2) is 55.0 Å². The fraction of sp³-hybridized carbons (Fsp3) is 0.222. The average Bonchev–Trinajstić information content (AvgIpc) is 3.15. The van der Waals surface area contributed by atoms with Gasteiger partial charge in [-0.25, -0.2) is 9.88 Å². The first-order valence-corrected chi connectivity index (χ1v) is 11.3. The van der Waals surface area contributed by atoms with Gasteiger partial charge in [0.15, 0.2) is 0 Å². The fourth-order valence-electron chi connectivity index (χ4n) is 4.46. The lowest BCUT2D eigenvalue weighted by atomic mass is 10.0. The van der Waals surface area contributed by atoms with Gasteiger partial charge in [-0.3, -0.25) is 9.59 Å². The summed E-state index contributed by atoms with van der Waals surface area (Å²) in [5.74, 6) is 1.02. The number of pyridine rings is 1. The van der Waals surface area contributed by atoms with Crippen LogP contribution in [0, 0.1) is 6.92 Å². The van der Waals surface area contributed by atoms with E-state index in [1.54, 1.807) is 13.3 Å². The fourth-order valence-corrected chi connectivity index (χ4v) is 4.46. The van der Waals surface area contributed by atoms with Gasteiger partial charge < -0.3 is 14.5 Å². The van der Waals surface area contributed by atoms with Gasteiger partial charge >= 0.3 is 0 Å². The zero-order valence-corrected chi connectivity index (χ0v) is 19.3. The number of hydrogen-bond donors (Lipinski definition) is 0. The summed E-state index contributed by atoms with van der Waals surface area (Å²) in [5.41, 5.74) is 3.23. The molecule has 34 heavy (non-hydrogen) atoms. The molecule has 0 bridgehead atoms. The molecule has 2 aliphatic rings. The molecule has 1 fully saturated rings. The van der Waals surface area contributed by atoms with E-state index in [4.69, 9.17) is 4.74 Å². The third kappa shape index (κ3) is 3.90. The van der Waals surface area contributed by atoms with Crippen LogP contribution in [-0.2, 0) is 9.59 Å². The molecule has 0 saturated carbocycles. The molecule has 0 N–H and O–H groups in total. The van der Waals surface area contributed by atoms with Gasteiger partial charge in [0.05, 0.1) is 18.4 Å². The van der Waals surface area contributed by atoms with Gasteiger partial charge in [0.1, 0.15) is 17.3 Å². The number of piperazine rings is 1. The Morgan fingerprint density at radius 2 is 1.47 bits per heavy atom. The molecule has 172 valence electrons. The second-order valence-electron chi connectivity index (χ2n) is 8.40. The van der Waals surface area contributed by atoms with E-state index in [0.29, 0.717) is 54.4 Å². The smallest absolute Gasteiger partial charge is 0.282 e. The highest BCUT2D eigenvalue weighted by molar-refractivity contribution is 6.45. The third-order valence-electron chi connectivity index (χ3n) is 6.30. The molecule has 5 rings (SSSR count). The van der Waals surface area contributed by atoms with Gasteiger partial charge in [-0.1, -0.05) is 35.9 Å². The monoisotopic (exact) mass is 454 g/mol.